The Labute approximate surface area is 169 Å². The first kappa shape index (κ1) is 23.8. The summed E-state index contributed by atoms with van der Waals surface area (Å²) >= 11 is 0. The highest BCUT2D eigenvalue weighted by molar-refractivity contribution is 5.78. The molecule has 1 amide bonds. The van der Waals surface area contributed by atoms with E-state index in [4.69, 9.17) is 14.2 Å². The lowest BCUT2D eigenvalue weighted by Gasteiger charge is -2.22. The van der Waals surface area contributed by atoms with E-state index >= 15 is 0 Å². The van der Waals surface area contributed by atoms with E-state index in [1.165, 1.54) is 0 Å². The molecular weight excluding hydrogens is 358 g/mol. The highest BCUT2D eigenvalue weighted by atomic mass is 16.5. The maximum absolute atomic E-state index is 12.4. The van der Waals surface area contributed by atoms with E-state index in [0.29, 0.717) is 24.7 Å². The van der Waals surface area contributed by atoms with Crippen molar-refractivity contribution in [1.29, 1.82) is 0 Å². The predicted octanol–water partition coefficient (Wildman–Crippen LogP) is 4.00. The number of nitrogens with zero attached hydrogens (tertiary/aromatic N) is 1. The molecular formula is C22H35NO5. The molecule has 0 unspecified atom stereocenters. The number of hydrogen-bond donors (Lipinski definition) is 0. The van der Waals surface area contributed by atoms with Crippen molar-refractivity contribution in [3.63, 3.8) is 0 Å². The van der Waals surface area contributed by atoms with Crippen molar-refractivity contribution in [2.24, 2.45) is 0 Å². The summed E-state index contributed by atoms with van der Waals surface area (Å²) in [6, 6.07) is 5.35. The van der Waals surface area contributed by atoms with E-state index in [-0.39, 0.29) is 24.9 Å². The molecule has 6 heteroatoms. The van der Waals surface area contributed by atoms with Crippen LogP contribution in [0.3, 0.4) is 0 Å². The van der Waals surface area contributed by atoms with Crippen molar-refractivity contribution < 1.29 is 23.8 Å². The number of esters is 1. The van der Waals surface area contributed by atoms with Crippen LogP contribution in [0.1, 0.15) is 58.9 Å². The zero-order valence-corrected chi connectivity index (χ0v) is 17.8. The average Bonchev–Trinajstić information content (AvgIpc) is 2.69. The molecule has 1 rings (SSSR count). The highest BCUT2D eigenvalue weighted by Gasteiger charge is 2.15. The minimum Gasteiger partial charge on any atom is -0.490 e. The van der Waals surface area contributed by atoms with Gasteiger partial charge >= 0.3 is 5.97 Å². The number of hydrogen-bond acceptors (Lipinski definition) is 5. The van der Waals surface area contributed by atoms with Gasteiger partial charge in [-0.15, -0.1) is 0 Å². The van der Waals surface area contributed by atoms with Crippen LogP contribution in [0.5, 0.6) is 11.5 Å². The monoisotopic (exact) mass is 393 g/mol. The van der Waals surface area contributed by atoms with Crippen LogP contribution in [0.15, 0.2) is 18.2 Å². The van der Waals surface area contributed by atoms with Crippen LogP contribution in [-0.4, -0.2) is 49.7 Å². The Hall–Kier alpha value is -2.24. The molecule has 1 aromatic carbocycles. The van der Waals surface area contributed by atoms with Gasteiger partial charge < -0.3 is 19.1 Å². The van der Waals surface area contributed by atoms with E-state index in [1.807, 2.05) is 24.8 Å². The highest BCUT2D eigenvalue weighted by Crippen LogP contribution is 2.29. The molecule has 0 saturated carbocycles. The van der Waals surface area contributed by atoms with E-state index in [1.54, 1.807) is 12.1 Å². The molecule has 6 nitrogen and oxygen atoms in total. The molecule has 0 radical (unpaired) electrons. The van der Waals surface area contributed by atoms with Gasteiger partial charge in [-0.2, -0.15) is 0 Å². The van der Waals surface area contributed by atoms with Crippen LogP contribution < -0.4 is 9.47 Å². The van der Waals surface area contributed by atoms with Crippen LogP contribution in [0, 0.1) is 0 Å². The molecule has 1 aromatic rings. The molecule has 0 aliphatic rings. The van der Waals surface area contributed by atoms with Gasteiger partial charge in [-0.3, -0.25) is 9.59 Å². The Morgan fingerprint density at radius 2 is 1.54 bits per heavy atom. The van der Waals surface area contributed by atoms with Gasteiger partial charge in [-0.05, 0) is 43.4 Å². The van der Waals surface area contributed by atoms with Gasteiger partial charge in [0, 0.05) is 13.1 Å². The second kappa shape index (κ2) is 13.9. The lowest BCUT2D eigenvalue weighted by molar-refractivity contribution is -0.142. The first-order chi connectivity index (χ1) is 13.5. The number of ether oxygens (including phenoxy) is 3. The first-order valence-corrected chi connectivity index (χ1v) is 10.4. The second-order valence-corrected chi connectivity index (χ2v) is 6.70. The number of rotatable bonds is 14. The third-order valence-corrected chi connectivity index (χ3v) is 3.98. The van der Waals surface area contributed by atoms with Crippen LogP contribution in [0.25, 0.3) is 0 Å². The molecule has 0 heterocycles. The van der Waals surface area contributed by atoms with Gasteiger partial charge in [0.1, 0.15) is 0 Å². The Balaban J connectivity index is 2.80. The topological polar surface area (TPSA) is 65.1 Å². The summed E-state index contributed by atoms with van der Waals surface area (Å²) in [6.07, 6.45) is 3.66. The maximum atomic E-state index is 12.4. The molecule has 0 aromatic heterocycles. The van der Waals surface area contributed by atoms with Gasteiger partial charge in [0.2, 0.25) is 0 Å². The van der Waals surface area contributed by atoms with E-state index in [0.717, 1.165) is 44.3 Å². The van der Waals surface area contributed by atoms with Gasteiger partial charge in [0.05, 0.1) is 19.6 Å². The second-order valence-electron chi connectivity index (χ2n) is 6.70. The van der Waals surface area contributed by atoms with Crippen LogP contribution in [0.4, 0.5) is 0 Å². The molecule has 158 valence electrons. The van der Waals surface area contributed by atoms with E-state index < -0.39 is 0 Å². The fraction of sp³-hybridized carbons (Fsp3) is 0.636. The van der Waals surface area contributed by atoms with Crippen molar-refractivity contribution in [1.82, 2.24) is 4.90 Å². The normalized spacial score (nSPS) is 10.4. The zero-order valence-electron chi connectivity index (χ0n) is 17.8. The van der Waals surface area contributed by atoms with Crippen molar-refractivity contribution in [3.8, 4) is 11.5 Å². The van der Waals surface area contributed by atoms with Crippen molar-refractivity contribution in [3.05, 3.63) is 23.8 Å². The fourth-order valence-corrected chi connectivity index (χ4v) is 2.67. The molecule has 0 N–H and O–H groups in total. The fourth-order valence-electron chi connectivity index (χ4n) is 2.67. The number of carbonyl (C=O) groups is 2. The van der Waals surface area contributed by atoms with Crippen molar-refractivity contribution in [2.45, 2.75) is 59.8 Å². The molecule has 0 atom stereocenters. The van der Waals surface area contributed by atoms with Gasteiger partial charge in [0.15, 0.2) is 18.1 Å². The summed E-state index contributed by atoms with van der Waals surface area (Å²) in [4.78, 5) is 26.1. The Morgan fingerprint density at radius 3 is 2.14 bits per heavy atom. The third-order valence-electron chi connectivity index (χ3n) is 3.98. The molecule has 0 spiro atoms. The zero-order chi connectivity index (χ0) is 20.8. The lowest BCUT2D eigenvalue weighted by atomic mass is 10.1. The summed E-state index contributed by atoms with van der Waals surface area (Å²) in [5.74, 6) is 0.771. The quantitative estimate of drug-likeness (QED) is 0.447. The largest absolute Gasteiger partial charge is 0.490 e. The summed E-state index contributed by atoms with van der Waals surface area (Å²) in [6.45, 7) is 10.5. The van der Waals surface area contributed by atoms with E-state index in [9.17, 15) is 9.59 Å². The van der Waals surface area contributed by atoms with Crippen molar-refractivity contribution in [2.75, 3.05) is 32.9 Å². The Bertz CT molecular complexity index is 597. The SMILES string of the molecule is CCCOC(=O)Cc1ccc(OCC(=O)N(CCC)CCC)c(OCCC)c1. The molecule has 0 fully saturated rings. The molecule has 0 aliphatic carbocycles. The number of carbonyl (C=O) groups excluding carboxylic acids is 2. The first-order valence-electron chi connectivity index (χ1n) is 10.4. The molecule has 0 aliphatic heterocycles. The summed E-state index contributed by atoms with van der Waals surface area (Å²) in [5.41, 5.74) is 0.796. The summed E-state index contributed by atoms with van der Waals surface area (Å²) < 4.78 is 16.7. The Morgan fingerprint density at radius 1 is 0.857 bits per heavy atom. The van der Waals surface area contributed by atoms with Crippen LogP contribution >= 0.6 is 0 Å². The van der Waals surface area contributed by atoms with Crippen molar-refractivity contribution >= 4 is 11.9 Å². The average molecular weight is 394 g/mol. The maximum Gasteiger partial charge on any atom is 0.310 e. The smallest absolute Gasteiger partial charge is 0.310 e. The number of amides is 1. The predicted molar refractivity (Wildman–Crippen MR) is 110 cm³/mol. The van der Waals surface area contributed by atoms with Gasteiger partial charge in [-0.25, -0.2) is 0 Å². The Kier molecular flexibility index (Phi) is 11.8. The number of benzene rings is 1. The summed E-state index contributed by atoms with van der Waals surface area (Å²) in [7, 11) is 0. The minimum absolute atomic E-state index is 0.0274. The minimum atomic E-state index is -0.262. The van der Waals surface area contributed by atoms with E-state index in [2.05, 4.69) is 13.8 Å². The molecule has 0 saturated heterocycles. The van der Waals surface area contributed by atoms with Gasteiger partial charge in [0.25, 0.3) is 5.91 Å². The van der Waals surface area contributed by atoms with Gasteiger partial charge in [-0.1, -0.05) is 33.8 Å². The molecule has 0 bridgehead atoms. The van der Waals surface area contributed by atoms with Crippen LogP contribution in [-0.2, 0) is 20.7 Å². The summed E-state index contributed by atoms with van der Waals surface area (Å²) in [5, 5.41) is 0. The van der Waals surface area contributed by atoms with Crippen LogP contribution in [0.2, 0.25) is 0 Å². The third kappa shape index (κ3) is 8.63. The molecule has 28 heavy (non-hydrogen) atoms. The lowest BCUT2D eigenvalue weighted by Crippen LogP contribution is -2.36. The standard InChI is InChI=1S/C22H35NO5/c1-5-11-23(12-6-2)21(24)17-28-19-10-9-18(15-20(19)26-13-7-3)16-22(25)27-14-8-4/h9-10,15H,5-8,11-14,16-17H2,1-4H3.